The Labute approximate surface area is 151 Å². The molecule has 1 N–H and O–H groups in total. The lowest BCUT2D eigenvalue weighted by atomic mass is 10.0. The van der Waals surface area contributed by atoms with Crippen LogP contribution in [0.5, 0.6) is 0 Å². The molecule has 0 aliphatic heterocycles. The summed E-state index contributed by atoms with van der Waals surface area (Å²) in [4.78, 5) is 27.5. The van der Waals surface area contributed by atoms with Crippen molar-refractivity contribution in [2.24, 2.45) is 0 Å². The molecule has 7 nitrogen and oxygen atoms in total. The van der Waals surface area contributed by atoms with Crippen LogP contribution in [0.1, 0.15) is 63.3 Å². The second kappa shape index (κ2) is 7.77. The minimum absolute atomic E-state index is 0.185. The fraction of sp³-hybridized carbons (Fsp3) is 0.529. The third-order valence-electron chi connectivity index (χ3n) is 3.72. The first-order chi connectivity index (χ1) is 11.7. The Morgan fingerprint density at radius 3 is 2.60 bits per heavy atom. The number of amides is 2. The summed E-state index contributed by atoms with van der Waals surface area (Å²) in [6.07, 6.45) is 2.18. The summed E-state index contributed by atoms with van der Waals surface area (Å²) in [6.45, 7) is 9.54. The second-order valence-electron chi connectivity index (χ2n) is 6.92. The summed E-state index contributed by atoms with van der Waals surface area (Å²) in [7, 11) is 0. The third-order valence-corrected chi connectivity index (χ3v) is 4.22. The van der Waals surface area contributed by atoms with Crippen molar-refractivity contribution in [3.8, 4) is 0 Å². The number of carbonyl (C=O) groups is 2. The lowest BCUT2D eigenvalue weighted by Crippen LogP contribution is -2.51. The number of furan rings is 1. The van der Waals surface area contributed by atoms with Crippen molar-refractivity contribution < 1.29 is 14.0 Å². The lowest BCUT2D eigenvalue weighted by Gasteiger charge is -2.35. The highest BCUT2D eigenvalue weighted by atomic mass is 32.1. The van der Waals surface area contributed by atoms with Crippen LogP contribution in [0.4, 0.5) is 0 Å². The van der Waals surface area contributed by atoms with Gasteiger partial charge in [-0.05, 0) is 57.8 Å². The number of carbonyl (C=O) groups excluding carboxylic acids is 2. The van der Waals surface area contributed by atoms with Gasteiger partial charge in [0, 0.05) is 17.0 Å². The maximum Gasteiger partial charge on any atom is 0.276 e. The van der Waals surface area contributed by atoms with Gasteiger partial charge < -0.3 is 14.6 Å². The molecule has 0 fully saturated rings. The number of hydrogen-bond donors (Lipinski definition) is 1. The van der Waals surface area contributed by atoms with E-state index in [2.05, 4.69) is 14.9 Å². The largest absolute Gasteiger partial charge is 0.467 e. The van der Waals surface area contributed by atoms with Crippen LogP contribution >= 0.6 is 11.5 Å². The molecule has 0 aromatic carbocycles. The lowest BCUT2D eigenvalue weighted by molar-refractivity contribution is -0.128. The van der Waals surface area contributed by atoms with E-state index in [1.807, 2.05) is 34.6 Å². The van der Waals surface area contributed by atoms with Gasteiger partial charge in [0.05, 0.1) is 6.26 Å². The molecule has 2 heterocycles. The molecule has 2 aromatic heterocycles. The fourth-order valence-corrected chi connectivity index (χ4v) is 2.87. The predicted octanol–water partition coefficient (Wildman–Crippen LogP) is 3.03. The molecule has 0 bridgehead atoms. The van der Waals surface area contributed by atoms with E-state index in [4.69, 9.17) is 4.42 Å². The molecule has 8 heteroatoms. The Kier molecular flexibility index (Phi) is 5.94. The topological polar surface area (TPSA) is 88.3 Å². The second-order valence-corrected chi connectivity index (χ2v) is 7.53. The molecule has 25 heavy (non-hydrogen) atoms. The first-order valence-electron chi connectivity index (χ1n) is 8.19. The summed E-state index contributed by atoms with van der Waals surface area (Å²) < 4.78 is 9.24. The van der Waals surface area contributed by atoms with Gasteiger partial charge in [0.2, 0.25) is 0 Å². The van der Waals surface area contributed by atoms with E-state index in [0.717, 1.165) is 11.5 Å². The zero-order valence-corrected chi connectivity index (χ0v) is 16.0. The Bertz CT molecular complexity index is 692. The van der Waals surface area contributed by atoms with Crippen molar-refractivity contribution in [3.05, 3.63) is 35.2 Å². The van der Waals surface area contributed by atoms with Crippen LogP contribution in [-0.2, 0) is 4.79 Å². The molecule has 0 aliphatic carbocycles. The Morgan fingerprint density at radius 1 is 1.40 bits per heavy atom. The molecular formula is C17H24N4O3S. The first-order valence-corrected chi connectivity index (χ1v) is 9.03. The Hall–Kier alpha value is -2.22. The minimum Gasteiger partial charge on any atom is -0.467 e. The van der Waals surface area contributed by atoms with E-state index < -0.39 is 11.6 Å². The van der Waals surface area contributed by atoms with Gasteiger partial charge in [-0.25, -0.2) is 0 Å². The maximum atomic E-state index is 13.0. The molecule has 0 saturated carbocycles. The van der Waals surface area contributed by atoms with Gasteiger partial charge in [-0.1, -0.05) is 11.4 Å². The van der Waals surface area contributed by atoms with Crippen LogP contribution in [-0.4, -0.2) is 37.9 Å². The van der Waals surface area contributed by atoms with Crippen LogP contribution in [0.15, 0.2) is 28.2 Å². The number of nitrogens with one attached hydrogen (secondary N) is 1. The van der Waals surface area contributed by atoms with E-state index in [-0.39, 0.29) is 23.6 Å². The molecule has 2 rings (SSSR count). The highest BCUT2D eigenvalue weighted by Gasteiger charge is 2.38. The standard InChI is InChI=1S/C17H24N4O3S/c1-6-11(2)21(16(23)12-10-25-20-19-12)14(13-8-7-9-24-13)15(22)18-17(3,4)5/h7-11,14H,6H2,1-5H3,(H,18,22). The summed E-state index contributed by atoms with van der Waals surface area (Å²) in [5, 5.41) is 8.39. The number of rotatable bonds is 6. The zero-order chi connectivity index (χ0) is 18.6. The van der Waals surface area contributed by atoms with E-state index >= 15 is 0 Å². The summed E-state index contributed by atoms with van der Waals surface area (Å²) in [5.74, 6) is -0.216. The van der Waals surface area contributed by atoms with Crippen LogP contribution in [0.2, 0.25) is 0 Å². The van der Waals surface area contributed by atoms with Crippen molar-refractivity contribution in [2.75, 3.05) is 0 Å². The van der Waals surface area contributed by atoms with Gasteiger partial charge in [-0.15, -0.1) is 5.10 Å². The summed E-state index contributed by atoms with van der Waals surface area (Å²) >= 11 is 1.10. The first kappa shape index (κ1) is 19.1. The van der Waals surface area contributed by atoms with E-state index in [1.165, 1.54) is 11.2 Å². The summed E-state index contributed by atoms with van der Waals surface area (Å²) in [6, 6.07) is 2.35. The minimum atomic E-state index is -0.877. The molecule has 136 valence electrons. The zero-order valence-electron chi connectivity index (χ0n) is 15.1. The summed E-state index contributed by atoms with van der Waals surface area (Å²) in [5.41, 5.74) is -0.209. The van der Waals surface area contributed by atoms with Gasteiger partial charge in [-0.2, -0.15) is 0 Å². The van der Waals surface area contributed by atoms with E-state index in [0.29, 0.717) is 12.2 Å². The Morgan fingerprint density at radius 2 is 2.12 bits per heavy atom. The van der Waals surface area contributed by atoms with Gasteiger partial charge in [0.15, 0.2) is 11.7 Å². The van der Waals surface area contributed by atoms with Gasteiger partial charge in [0.25, 0.3) is 11.8 Å². The van der Waals surface area contributed by atoms with Crippen LogP contribution in [0.25, 0.3) is 0 Å². The average molecular weight is 364 g/mol. The predicted molar refractivity (Wildman–Crippen MR) is 95.2 cm³/mol. The SMILES string of the molecule is CCC(C)N(C(=O)c1csnn1)C(C(=O)NC(C)(C)C)c1ccco1. The van der Waals surface area contributed by atoms with Crippen LogP contribution in [0, 0.1) is 0 Å². The molecular weight excluding hydrogens is 340 g/mol. The van der Waals surface area contributed by atoms with Gasteiger partial charge >= 0.3 is 0 Å². The Balaban J connectivity index is 2.46. The molecule has 0 saturated heterocycles. The average Bonchev–Trinajstić information content (AvgIpc) is 3.22. The fourth-order valence-electron chi connectivity index (χ4n) is 2.44. The highest BCUT2D eigenvalue weighted by Crippen LogP contribution is 2.27. The van der Waals surface area contributed by atoms with E-state index in [9.17, 15) is 9.59 Å². The molecule has 2 unspecified atom stereocenters. The van der Waals surface area contributed by atoms with Crippen molar-refractivity contribution in [1.82, 2.24) is 19.8 Å². The van der Waals surface area contributed by atoms with Gasteiger partial charge in [0.1, 0.15) is 5.76 Å². The van der Waals surface area contributed by atoms with E-state index in [1.54, 1.807) is 17.5 Å². The molecule has 0 spiro atoms. The smallest absolute Gasteiger partial charge is 0.276 e. The molecule has 0 aliphatic rings. The molecule has 2 aromatic rings. The number of aromatic nitrogens is 2. The maximum absolute atomic E-state index is 13.0. The van der Waals surface area contributed by atoms with Gasteiger partial charge in [-0.3, -0.25) is 9.59 Å². The third kappa shape index (κ3) is 4.66. The number of hydrogen-bond acceptors (Lipinski definition) is 6. The molecule has 0 radical (unpaired) electrons. The van der Waals surface area contributed by atoms with Crippen molar-refractivity contribution in [3.63, 3.8) is 0 Å². The quantitative estimate of drug-likeness (QED) is 0.851. The normalized spacial score (nSPS) is 14.0. The monoisotopic (exact) mass is 364 g/mol. The molecule has 2 amide bonds. The van der Waals surface area contributed by atoms with Crippen LogP contribution in [0.3, 0.4) is 0 Å². The van der Waals surface area contributed by atoms with Crippen LogP contribution < -0.4 is 5.32 Å². The number of nitrogens with zero attached hydrogens (tertiary/aromatic N) is 3. The van der Waals surface area contributed by atoms with Crippen molar-refractivity contribution in [1.29, 1.82) is 0 Å². The highest BCUT2D eigenvalue weighted by molar-refractivity contribution is 7.03. The molecule has 2 atom stereocenters. The van der Waals surface area contributed by atoms with Crippen molar-refractivity contribution in [2.45, 2.75) is 58.7 Å². The van der Waals surface area contributed by atoms with Crippen molar-refractivity contribution >= 4 is 23.3 Å².